The van der Waals surface area contributed by atoms with Crippen molar-refractivity contribution >= 4 is 5.91 Å². The van der Waals surface area contributed by atoms with Crippen LogP contribution in [0.5, 0.6) is 11.5 Å². The summed E-state index contributed by atoms with van der Waals surface area (Å²) < 4.78 is 10.9. The van der Waals surface area contributed by atoms with E-state index in [1.54, 1.807) is 7.11 Å². The van der Waals surface area contributed by atoms with E-state index in [4.69, 9.17) is 9.47 Å². The molecule has 1 unspecified atom stereocenters. The lowest BCUT2D eigenvalue weighted by atomic mass is 10.1. The summed E-state index contributed by atoms with van der Waals surface area (Å²) in [5.74, 6) is 1.80. The molecule has 1 fully saturated rings. The van der Waals surface area contributed by atoms with Gasteiger partial charge in [-0.2, -0.15) is 0 Å². The van der Waals surface area contributed by atoms with Crippen LogP contribution in [0.25, 0.3) is 0 Å². The number of nitrogens with zero attached hydrogens (tertiary/aromatic N) is 2. The maximum Gasteiger partial charge on any atom is 0.237 e. The number of piperazine rings is 1. The molecule has 1 heterocycles. The normalized spacial score (nSPS) is 16.0. The maximum atomic E-state index is 12.5. The maximum absolute atomic E-state index is 12.5. The first-order valence-corrected chi connectivity index (χ1v) is 11.1. The first-order chi connectivity index (χ1) is 15.0. The Bertz CT molecular complexity index is 817. The minimum Gasteiger partial charge on any atom is -0.497 e. The molecule has 1 aliphatic rings. The predicted molar refractivity (Wildman–Crippen MR) is 124 cm³/mol. The second-order valence-corrected chi connectivity index (χ2v) is 8.11. The largest absolute Gasteiger partial charge is 0.497 e. The standard InChI is InChI=1S/C25H35N3O3/c1-20-5-4-6-24(19-20)31-18-12-26-25(29)21(2)28-16-14-27(15-17-28)13-11-22-7-9-23(30-3)10-8-22/h4-10,19,21H,11-18H2,1-3H3,(H,26,29). The SMILES string of the molecule is COc1ccc(CCN2CCN(C(C)C(=O)NCCOc3cccc(C)c3)CC2)cc1. The van der Waals surface area contributed by atoms with Gasteiger partial charge >= 0.3 is 0 Å². The van der Waals surface area contributed by atoms with Crippen LogP contribution in [0.3, 0.4) is 0 Å². The fourth-order valence-electron chi connectivity index (χ4n) is 3.82. The molecule has 2 aromatic rings. The number of ether oxygens (including phenoxy) is 2. The summed E-state index contributed by atoms with van der Waals surface area (Å²) in [6.07, 6.45) is 1.03. The van der Waals surface area contributed by atoms with E-state index in [0.29, 0.717) is 13.2 Å². The van der Waals surface area contributed by atoms with Crippen molar-refractivity contribution in [1.82, 2.24) is 15.1 Å². The second kappa shape index (κ2) is 11.7. The van der Waals surface area contributed by atoms with E-state index in [1.807, 2.05) is 50.2 Å². The highest BCUT2D eigenvalue weighted by molar-refractivity contribution is 5.81. The Morgan fingerprint density at radius 1 is 1.06 bits per heavy atom. The molecule has 1 aliphatic heterocycles. The highest BCUT2D eigenvalue weighted by Gasteiger charge is 2.25. The van der Waals surface area contributed by atoms with Crippen LogP contribution in [0.4, 0.5) is 0 Å². The summed E-state index contributed by atoms with van der Waals surface area (Å²) in [5, 5.41) is 3.00. The molecule has 1 atom stereocenters. The number of methoxy groups -OCH3 is 1. The molecule has 2 aromatic carbocycles. The van der Waals surface area contributed by atoms with Gasteiger partial charge in [-0.25, -0.2) is 0 Å². The fraction of sp³-hybridized carbons (Fsp3) is 0.480. The predicted octanol–water partition coefficient (Wildman–Crippen LogP) is 2.75. The zero-order valence-corrected chi connectivity index (χ0v) is 19.0. The van der Waals surface area contributed by atoms with Gasteiger partial charge in [0.2, 0.25) is 5.91 Å². The number of carbonyl (C=O) groups excluding carboxylic acids is 1. The van der Waals surface area contributed by atoms with Crippen molar-refractivity contribution < 1.29 is 14.3 Å². The number of rotatable bonds is 10. The van der Waals surface area contributed by atoms with Crippen LogP contribution in [0.2, 0.25) is 0 Å². The molecule has 3 rings (SSSR count). The Morgan fingerprint density at radius 2 is 1.81 bits per heavy atom. The summed E-state index contributed by atoms with van der Waals surface area (Å²) in [7, 11) is 1.69. The third-order valence-corrected chi connectivity index (χ3v) is 5.87. The quantitative estimate of drug-likeness (QED) is 0.594. The molecule has 0 aromatic heterocycles. The van der Waals surface area contributed by atoms with Gasteiger partial charge in [0, 0.05) is 32.7 Å². The van der Waals surface area contributed by atoms with Gasteiger partial charge in [-0.15, -0.1) is 0 Å². The van der Waals surface area contributed by atoms with Gasteiger partial charge in [0.25, 0.3) is 0 Å². The number of hydrogen-bond acceptors (Lipinski definition) is 5. The number of aryl methyl sites for hydroxylation is 1. The van der Waals surface area contributed by atoms with Crippen molar-refractivity contribution in [2.24, 2.45) is 0 Å². The topological polar surface area (TPSA) is 54.0 Å². The molecule has 0 spiro atoms. The van der Waals surface area contributed by atoms with Crippen molar-refractivity contribution in [3.63, 3.8) is 0 Å². The van der Waals surface area contributed by atoms with E-state index < -0.39 is 0 Å². The molecule has 31 heavy (non-hydrogen) atoms. The second-order valence-electron chi connectivity index (χ2n) is 8.11. The van der Waals surface area contributed by atoms with E-state index in [-0.39, 0.29) is 11.9 Å². The van der Waals surface area contributed by atoms with Crippen LogP contribution < -0.4 is 14.8 Å². The zero-order valence-electron chi connectivity index (χ0n) is 19.0. The molecule has 1 N–H and O–H groups in total. The van der Waals surface area contributed by atoms with Crippen molar-refractivity contribution in [3.05, 3.63) is 59.7 Å². The van der Waals surface area contributed by atoms with Gasteiger partial charge in [0.1, 0.15) is 18.1 Å². The first-order valence-electron chi connectivity index (χ1n) is 11.1. The van der Waals surface area contributed by atoms with E-state index in [1.165, 1.54) is 11.1 Å². The third kappa shape index (κ3) is 7.26. The smallest absolute Gasteiger partial charge is 0.237 e. The zero-order chi connectivity index (χ0) is 22.1. The van der Waals surface area contributed by atoms with Crippen LogP contribution in [0.1, 0.15) is 18.1 Å². The number of amides is 1. The van der Waals surface area contributed by atoms with Gasteiger partial charge < -0.3 is 19.7 Å². The van der Waals surface area contributed by atoms with Gasteiger partial charge in [-0.3, -0.25) is 9.69 Å². The highest BCUT2D eigenvalue weighted by Crippen LogP contribution is 2.14. The third-order valence-electron chi connectivity index (χ3n) is 5.87. The molecule has 0 aliphatic carbocycles. The Kier molecular flexibility index (Phi) is 8.74. The lowest BCUT2D eigenvalue weighted by molar-refractivity contribution is -0.126. The van der Waals surface area contributed by atoms with Crippen LogP contribution in [-0.2, 0) is 11.2 Å². The average molecular weight is 426 g/mol. The van der Waals surface area contributed by atoms with Crippen LogP contribution >= 0.6 is 0 Å². The molecule has 1 saturated heterocycles. The molecule has 0 bridgehead atoms. The fourth-order valence-corrected chi connectivity index (χ4v) is 3.82. The minimum atomic E-state index is -0.122. The molecular formula is C25H35N3O3. The Labute approximate surface area is 186 Å². The molecule has 6 nitrogen and oxygen atoms in total. The minimum absolute atomic E-state index is 0.0690. The van der Waals surface area contributed by atoms with E-state index >= 15 is 0 Å². The molecule has 0 saturated carbocycles. The van der Waals surface area contributed by atoms with Gasteiger partial charge in [-0.1, -0.05) is 24.3 Å². The Hall–Kier alpha value is -2.57. The Morgan fingerprint density at radius 3 is 2.48 bits per heavy atom. The lowest BCUT2D eigenvalue weighted by Gasteiger charge is -2.37. The van der Waals surface area contributed by atoms with E-state index in [0.717, 1.165) is 50.6 Å². The Balaban J connectivity index is 1.32. The van der Waals surface area contributed by atoms with E-state index in [2.05, 4.69) is 27.2 Å². The summed E-state index contributed by atoms with van der Waals surface area (Å²) in [5.41, 5.74) is 2.49. The van der Waals surface area contributed by atoms with Crippen molar-refractivity contribution in [1.29, 1.82) is 0 Å². The van der Waals surface area contributed by atoms with Crippen molar-refractivity contribution in [3.8, 4) is 11.5 Å². The van der Waals surface area contributed by atoms with Crippen LogP contribution in [0.15, 0.2) is 48.5 Å². The summed E-state index contributed by atoms with van der Waals surface area (Å²) in [6.45, 7) is 9.86. The van der Waals surface area contributed by atoms with Crippen molar-refractivity contribution in [2.45, 2.75) is 26.3 Å². The van der Waals surface area contributed by atoms with Gasteiger partial charge in [0.05, 0.1) is 19.7 Å². The van der Waals surface area contributed by atoms with Gasteiger partial charge in [-0.05, 0) is 55.7 Å². The monoisotopic (exact) mass is 425 g/mol. The number of nitrogens with one attached hydrogen (secondary N) is 1. The molecule has 1 amide bonds. The number of benzene rings is 2. The number of carbonyl (C=O) groups is 1. The summed E-state index contributed by atoms with van der Waals surface area (Å²) in [6, 6.07) is 16.1. The molecular weight excluding hydrogens is 390 g/mol. The number of hydrogen-bond donors (Lipinski definition) is 1. The molecule has 6 heteroatoms. The van der Waals surface area contributed by atoms with Gasteiger partial charge in [0.15, 0.2) is 0 Å². The van der Waals surface area contributed by atoms with E-state index in [9.17, 15) is 4.79 Å². The summed E-state index contributed by atoms with van der Waals surface area (Å²) >= 11 is 0. The van der Waals surface area contributed by atoms with Crippen LogP contribution in [-0.4, -0.2) is 74.7 Å². The van der Waals surface area contributed by atoms with Crippen molar-refractivity contribution in [2.75, 3.05) is 53.0 Å². The molecule has 0 radical (unpaired) electrons. The lowest BCUT2D eigenvalue weighted by Crippen LogP contribution is -2.54. The first kappa shape index (κ1) is 23.1. The average Bonchev–Trinajstić information content (AvgIpc) is 2.80. The highest BCUT2D eigenvalue weighted by atomic mass is 16.5. The summed E-state index contributed by atoms with van der Waals surface area (Å²) in [4.78, 5) is 17.3. The molecule has 168 valence electrons. The van der Waals surface area contributed by atoms with Crippen LogP contribution in [0, 0.1) is 6.92 Å².